The Morgan fingerprint density at radius 1 is 0.500 bits per heavy atom. The van der Waals surface area contributed by atoms with E-state index in [2.05, 4.69) is 38.2 Å². The Kier molecular flexibility index (Phi) is 46.6. The van der Waals surface area contributed by atoms with Crippen LogP contribution < -0.4 is 0 Å². The van der Waals surface area contributed by atoms with Gasteiger partial charge in [-0.15, -0.1) is 0 Å². The van der Waals surface area contributed by atoms with Crippen LogP contribution >= 0.6 is 7.82 Å². The van der Waals surface area contributed by atoms with Crippen molar-refractivity contribution in [2.75, 3.05) is 33.0 Å². The predicted molar refractivity (Wildman–Crippen MR) is 251 cm³/mol. The first-order chi connectivity index (χ1) is 29.3. The van der Waals surface area contributed by atoms with Crippen LogP contribution in [0.4, 0.5) is 0 Å². The summed E-state index contributed by atoms with van der Waals surface area (Å²) in [4.78, 5) is 22.7. The van der Waals surface area contributed by atoms with Crippen LogP contribution in [0.3, 0.4) is 0 Å². The lowest BCUT2D eigenvalue weighted by Crippen LogP contribution is -2.29. The number of aliphatic hydroxyl groups excluding tert-OH is 2. The molecule has 0 heterocycles. The van der Waals surface area contributed by atoms with Gasteiger partial charge in [0.25, 0.3) is 0 Å². The van der Waals surface area contributed by atoms with E-state index in [1.165, 1.54) is 173 Å². The summed E-state index contributed by atoms with van der Waals surface area (Å²) in [5.41, 5.74) is 0. The van der Waals surface area contributed by atoms with Gasteiger partial charge in [0.05, 0.1) is 26.4 Å². The number of esters is 1. The van der Waals surface area contributed by atoms with E-state index in [0.29, 0.717) is 6.61 Å². The number of phosphoric acid groups is 1. The molecule has 0 saturated heterocycles. The zero-order chi connectivity index (χ0) is 43.9. The van der Waals surface area contributed by atoms with Crippen LogP contribution in [0.15, 0.2) is 24.3 Å². The van der Waals surface area contributed by atoms with E-state index < -0.39 is 33.2 Å². The summed E-state index contributed by atoms with van der Waals surface area (Å²) >= 11 is 0. The number of hydrogen-bond donors (Lipinski definition) is 3. The number of rotatable bonds is 49. The molecule has 0 aliphatic heterocycles. The smallest absolute Gasteiger partial charge is 0.457 e. The van der Waals surface area contributed by atoms with Gasteiger partial charge in [-0.2, -0.15) is 0 Å². The molecule has 356 valence electrons. The highest BCUT2D eigenvalue weighted by atomic mass is 31.2. The molecule has 0 aromatic heterocycles. The fourth-order valence-corrected chi connectivity index (χ4v) is 8.02. The largest absolute Gasteiger partial charge is 0.472 e. The molecule has 9 nitrogen and oxygen atoms in total. The molecule has 0 aliphatic rings. The van der Waals surface area contributed by atoms with Crippen LogP contribution in [0.25, 0.3) is 0 Å². The number of unbranched alkanes of at least 4 members (excludes halogenated alkanes) is 31. The van der Waals surface area contributed by atoms with Crippen molar-refractivity contribution >= 4 is 13.8 Å². The molecule has 0 aliphatic carbocycles. The molecular formula is C50H97O9P. The first-order valence-corrected chi connectivity index (χ1v) is 26.8. The molecule has 0 fully saturated rings. The third-order valence-corrected chi connectivity index (χ3v) is 12.1. The molecule has 0 radical (unpaired) electrons. The molecule has 3 N–H and O–H groups in total. The molecule has 10 heteroatoms. The topological polar surface area (TPSA) is 132 Å². The zero-order valence-electron chi connectivity index (χ0n) is 39.2. The van der Waals surface area contributed by atoms with Gasteiger partial charge in [-0.05, 0) is 64.2 Å². The zero-order valence-corrected chi connectivity index (χ0v) is 40.1. The molecule has 60 heavy (non-hydrogen) atoms. The Labute approximate surface area is 370 Å². The van der Waals surface area contributed by atoms with Crippen molar-refractivity contribution in [1.82, 2.24) is 0 Å². The Balaban J connectivity index is 4.06. The summed E-state index contributed by atoms with van der Waals surface area (Å²) in [7, 11) is -4.52. The maximum Gasteiger partial charge on any atom is 0.472 e. The number of allylic oxidation sites excluding steroid dienone is 4. The Hall–Kier alpha value is -1.06. The number of carbonyl (C=O) groups excluding carboxylic acids is 1. The molecular weight excluding hydrogens is 776 g/mol. The maximum atomic E-state index is 12.7. The van der Waals surface area contributed by atoms with E-state index in [0.717, 1.165) is 51.4 Å². The monoisotopic (exact) mass is 873 g/mol. The van der Waals surface area contributed by atoms with E-state index in [1.54, 1.807) is 0 Å². The number of ether oxygens (including phenoxy) is 2. The summed E-state index contributed by atoms with van der Waals surface area (Å²) in [6.45, 7) is 3.55. The van der Waals surface area contributed by atoms with Gasteiger partial charge in [0.15, 0.2) is 0 Å². The molecule has 0 aromatic carbocycles. The molecule has 0 aromatic rings. The highest BCUT2D eigenvalue weighted by molar-refractivity contribution is 7.47. The summed E-state index contributed by atoms with van der Waals surface area (Å²) in [6.07, 6.45) is 51.4. The van der Waals surface area contributed by atoms with E-state index in [1.807, 2.05) is 0 Å². The quantitative estimate of drug-likeness (QED) is 0.0237. The van der Waals surface area contributed by atoms with Gasteiger partial charge < -0.3 is 24.6 Å². The highest BCUT2D eigenvalue weighted by Gasteiger charge is 2.26. The van der Waals surface area contributed by atoms with Gasteiger partial charge in [-0.3, -0.25) is 13.8 Å². The van der Waals surface area contributed by atoms with E-state index in [4.69, 9.17) is 23.6 Å². The first kappa shape index (κ1) is 58.9. The van der Waals surface area contributed by atoms with Gasteiger partial charge >= 0.3 is 13.8 Å². The summed E-state index contributed by atoms with van der Waals surface area (Å²) in [5.74, 6) is -0.384. The van der Waals surface area contributed by atoms with Crippen molar-refractivity contribution in [3.05, 3.63) is 24.3 Å². The number of carbonyl (C=O) groups is 1. The lowest BCUT2D eigenvalue weighted by atomic mass is 10.1. The minimum Gasteiger partial charge on any atom is -0.457 e. The second kappa shape index (κ2) is 47.4. The summed E-state index contributed by atoms with van der Waals surface area (Å²) in [5, 5.41) is 18.4. The molecule has 3 atom stereocenters. The van der Waals surface area contributed by atoms with Crippen molar-refractivity contribution in [2.45, 2.75) is 257 Å². The predicted octanol–water partition coefficient (Wildman–Crippen LogP) is 14.6. The lowest BCUT2D eigenvalue weighted by molar-refractivity contribution is -0.154. The van der Waals surface area contributed by atoms with Crippen LogP contribution in [0.5, 0.6) is 0 Å². The fourth-order valence-electron chi connectivity index (χ4n) is 7.23. The van der Waals surface area contributed by atoms with Crippen LogP contribution in [0.1, 0.15) is 245 Å². The molecule has 0 bridgehead atoms. The van der Waals surface area contributed by atoms with Gasteiger partial charge in [0.2, 0.25) is 0 Å². The second-order valence-corrected chi connectivity index (χ2v) is 18.6. The van der Waals surface area contributed by atoms with Crippen LogP contribution in [-0.2, 0) is 27.9 Å². The summed E-state index contributed by atoms with van der Waals surface area (Å²) in [6, 6.07) is 0. The highest BCUT2D eigenvalue weighted by Crippen LogP contribution is 2.43. The van der Waals surface area contributed by atoms with Crippen molar-refractivity contribution in [1.29, 1.82) is 0 Å². The second-order valence-electron chi connectivity index (χ2n) is 17.2. The van der Waals surface area contributed by atoms with E-state index in [-0.39, 0.29) is 25.6 Å². The molecule has 0 saturated carbocycles. The average Bonchev–Trinajstić information content (AvgIpc) is 3.24. The normalized spacial score (nSPS) is 14.0. The minimum absolute atomic E-state index is 0.0499. The van der Waals surface area contributed by atoms with Crippen molar-refractivity contribution < 1.29 is 43.0 Å². The van der Waals surface area contributed by atoms with E-state index in [9.17, 15) is 19.4 Å². The Morgan fingerprint density at radius 2 is 0.850 bits per heavy atom. The number of phosphoric ester groups is 1. The SMILES string of the molecule is CCCCCCCC/C=C\CCCCCCCCCC(=O)OC(COCCCCCCCCCCCC/C=C\CCCCCCCCCC)COP(=O)(O)OCC(O)CO. The molecule has 3 unspecified atom stereocenters. The average molecular weight is 873 g/mol. The Bertz CT molecular complexity index is 991. The van der Waals surface area contributed by atoms with Crippen LogP contribution in [-0.4, -0.2) is 66.3 Å². The van der Waals surface area contributed by atoms with Crippen molar-refractivity contribution in [2.24, 2.45) is 0 Å². The van der Waals surface area contributed by atoms with Gasteiger partial charge in [0, 0.05) is 13.0 Å². The van der Waals surface area contributed by atoms with Gasteiger partial charge in [0.1, 0.15) is 12.2 Å². The minimum atomic E-state index is -4.52. The standard InChI is InChI=1S/C50H97O9P/c1-3-5-7-9-11-13-15-17-19-21-22-23-24-25-27-29-31-33-35-37-39-41-43-56-46-49(47-58-60(54,55)57-45-48(52)44-51)59-50(53)42-40-38-36-34-32-30-28-26-20-18-16-14-12-10-8-6-4-2/h18,20-22,48-49,51-52H,3-17,19,23-47H2,1-2H3,(H,54,55)/b20-18-,22-21-. The lowest BCUT2D eigenvalue weighted by Gasteiger charge is -2.20. The first-order valence-electron chi connectivity index (χ1n) is 25.3. The fraction of sp³-hybridized carbons (Fsp3) is 0.900. The Morgan fingerprint density at radius 3 is 1.25 bits per heavy atom. The molecule has 0 spiro atoms. The van der Waals surface area contributed by atoms with Gasteiger partial charge in [-0.25, -0.2) is 4.57 Å². The van der Waals surface area contributed by atoms with E-state index >= 15 is 0 Å². The maximum absolute atomic E-state index is 12.7. The van der Waals surface area contributed by atoms with Crippen molar-refractivity contribution in [3.8, 4) is 0 Å². The molecule has 0 amide bonds. The third-order valence-electron chi connectivity index (χ3n) is 11.1. The van der Waals surface area contributed by atoms with Crippen LogP contribution in [0, 0.1) is 0 Å². The van der Waals surface area contributed by atoms with Gasteiger partial charge in [-0.1, -0.05) is 199 Å². The third kappa shape index (κ3) is 46.4. The van der Waals surface area contributed by atoms with Crippen molar-refractivity contribution in [3.63, 3.8) is 0 Å². The number of hydrogen-bond acceptors (Lipinski definition) is 8. The molecule has 0 rings (SSSR count). The van der Waals surface area contributed by atoms with Crippen LogP contribution in [0.2, 0.25) is 0 Å². The summed E-state index contributed by atoms with van der Waals surface area (Å²) < 4.78 is 33.5. The number of aliphatic hydroxyl groups is 2.